The lowest BCUT2D eigenvalue weighted by Gasteiger charge is -2.18. The summed E-state index contributed by atoms with van der Waals surface area (Å²) in [5.41, 5.74) is 0. The van der Waals surface area contributed by atoms with Gasteiger partial charge in [0.25, 0.3) is 0 Å². The molecule has 0 saturated heterocycles. The van der Waals surface area contributed by atoms with Gasteiger partial charge in [0.15, 0.2) is 6.04 Å². The number of aliphatic hydroxyl groups excluding tert-OH is 1. The van der Waals surface area contributed by atoms with Gasteiger partial charge in [-0.15, -0.1) is 6.58 Å². The monoisotopic (exact) mass is 202 g/mol. The third kappa shape index (κ3) is 3.90. The molecule has 0 fully saturated rings. The number of carbonyl (C=O) groups is 2. The molecular formula is C8H14N2O4. The van der Waals surface area contributed by atoms with E-state index in [9.17, 15) is 9.59 Å². The van der Waals surface area contributed by atoms with Crippen LogP contribution in [0.4, 0.5) is 4.79 Å². The molecule has 0 rings (SSSR count). The zero-order chi connectivity index (χ0) is 11.1. The summed E-state index contributed by atoms with van der Waals surface area (Å²) in [5, 5.41) is 19.3. The van der Waals surface area contributed by atoms with Crippen LogP contribution in [0.15, 0.2) is 12.7 Å². The summed E-state index contributed by atoms with van der Waals surface area (Å²) in [6.07, 6.45) is 1.51. The molecule has 14 heavy (non-hydrogen) atoms. The fourth-order valence-corrected chi connectivity index (χ4v) is 0.721. The minimum Gasteiger partial charge on any atom is -0.480 e. The van der Waals surface area contributed by atoms with Gasteiger partial charge in [0, 0.05) is 13.6 Å². The number of nitrogens with zero attached hydrogens (tertiary/aromatic N) is 1. The van der Waals surface area contributed by atoms with Crippen LogP contribution in [0.3, 0.4) is 0 Å². The largest absolute Gasteiger partial charge is 0.480 e. The molecule has 0 aromatic rings. The van der Waals surface area contributed by atoms with Crippen LogP contribution >= 0.6 is 0 Å². The van der Waals surface area contributed by atoms with E-state index >= 15 is 0 Å². The van der Waals surface area contributed by atoms with Crippen molar-refractivity contribution < 1.29 is 19.8 Å². The van der Waals surface area contributed by atoms with Crippen molar-refractivity contribution in [3.63, 3.8) is 0 Å². The van der Waals surface area contributed by atoms with Crippen molar-refractivity contribution in [1.82, 2.24) is 10.2 Å². The number of hydrogen-bond donors (Lipinski definition) is 3. The average Bonchev–Trinajstić information content (AvgIpc) is 2.13. The van der Waals surface area contributed by atoms with E-state index in [0.29, 0.717) is 6.54 Å². The highest BCUT2D eigenvalue weighted by Gasteiger charge is 2.19. The van der Waals surface area contributed by atoms with Gasteiger partial charge in [-0.25, -0.2) is 9.59 Å². The molecule has 0 heterocycles. The standard InChI is InChI=1S/C8H14N2O4/c1-3-4-10(2)8(14)9-6(5-11)7(12)13/h3,6,11H,1,4-5H2,2H3,(H,9,14)(H,12,13). The molecule has 0 bridgehead atoms. The zero-order valence-corrected chi connectivity index (χ0v) is 7.93. The Balaban J connectivity index is 4.14. The minimum atomic E-state index is -1.27. The highest BCUT2D eigenvalue weighted by molar-refractivity contribution is 5.82. The third-order valence-electron chi connectivity index (χ3n) is 1.53. The van der Waals surface area contributed by atoms with E-state index in [-0.39, 0.29) is 0 Å². The Morgan fingerprint density at radius 2 is 2.21 bits per heavy atom. The second-order valence-corrected chi connectivity index (χ2v) is 2.69. The van der Waals surface area contributed by atoms with Crippen LogP contribution in [0.1, 0.15) is 0 Å². The molecular weight excluding hydrogens is 188 g/mol. The predicted octanol–water partition coefficient (Wildman–Crippen LogP) is -0.741. The molecule has 0 aromatic carbocycles. The summed E-state index contributed by atoms with van der Waals surface area (Å²) < 4.78 is 0. The van der Waals surface area contributed by atoms with E-state index in [1.165, 1.54) is 18.0 Å². The second kappa shape index (κ2) is 5.98. The van der Waals surface area contributed by atoms with Gasteiger partial charge in [0.1, 0.15) is 0 Å². The van der Waals surface area contributed by atoms with Crippen molar-refractivity contribution in [1.29, 1.82) is 0 Å². The summed E-state index contributed by atoms with van der Waals surface area (Å²) in [6, 6.07) is -1.83. The number of carbonyl (C=O) groups excluding carboxylic acids is 1. The van der Waals surface area contributed by atoms with E-state index in [1.54, 1.807) is 0 Å². The van der Waals surface area contributed by atoms with Crippen LogP contribution < -0.4 is 5.32 Å². The van der Waals surface area contributed by atoms with Crippen molar-refractivity contribution in [2.75, 3.05) is 20.2 Å². The topological polar surface area (TPSA) is 89.9 Å². The summed E-state index contributed by atoms with van der Waals surface area (Å²) in [4.78, 5) is 22.9. The Morgan fingerprint density at radius 1 is 1.64 bits per heavy atom. The smallest absolute Gasteiger partial charge is 0.328 e. The first-order valence-electron chi connectivity index (χ1n) is 3.99. The Labute approximate surface area is 81.8 Å². The second-order valence-electron chi connectivity index (χ2n) is 2.69. The summed E-state index contributed by atoms with van der Waals surface area (Å²) in [6.45, 7) is 3.10. The molecule has 80 valence electrons. The summed E-state index contributed by atoms with van der Waals surface area (Å²) in [5.74, 6) is -1.27. The van der Waals surface area contributed by atoms with Crippen LogP contribution in [-0.4, -0.2) is 53.4 Å². The number of nitrogens with one attached hydrogen (secondary N) is 1. The summed E-state index contributed by atoms with van der Waals surface area (Å²) >= 11 is 0. The molecule has 6 heteroatoms. The van der Waals surface area contributed by atoms with Gasteiger partial charge >= 0.3 is 12.0 Å². The van der Waals surface area contributed by atoms with Crippen LogP contribution in [0.25, 0.3) is 0 Å². The minimum absolute atomic E-state index is 0.309. The molecule has 0 aliphatic heterocycles. The predicted molar refractivity (Wildman–Crippen MR) is 49.9 cm³/mol. The molecule has 0 saturated carbocycles. The van der Waals surface area contributed by atoms with Gasteiger partial charge in [-0.2, -0.15) is 0 Å². The van der Waals surface area contributed by atoms with Crippen LogP contribution in [0, 0.1) is 0 Å². The van der Waals surface area contributed by atoms with Crippen LogP contribution in [0.5, 0.6) is 0 Å². The van der Waals surface area contributed by atoms with E-state index in [1.807, 2.05) is 0 Å². The van der Waals surface area contributed by atoms with Crippen LogP contribution in [-0.2, 0) is 4.79 Å². The Hall–Kier alpha value is -1.56. The number of rotatable bonds is 5. The van der Waals surface area contributed by atoms with Crippen molar-refractivity contribution in [2.24, 2.45) is 0 Å². The molecule has 2 amide bonds. The Kier molecular flexibility index (Phi) is 5.31. The first-order chi connectivity index (χ1) is 6.52. The van der Waals surface area contributed by atoms with Crippen molar-refractivity contribution in [3.05, 3.63) is 12.7 Å². The fraction of sp³-hybridized carbons (Fsp3) is 0.500. The molecule has 0 aliphatic carbocycles. The van der Waals surface area contributed by atoms with Gasteiger partial charge in [-0.3, -0.25) is 0 Å². The highest BCUT2D eigenvalue weighted by Crippen LogP contribution is 1.88. The maximum absolute atomic E-state index is 11.2. The van der Waals surface area contributed by atoms with Gasteiger partial charge in [0.05, 0.1) is 6.61 Å². The number of carboxylic acid groups (broad SMARTS) is 1. The molecule has 3 N–H and O–H groups in total. The number of hydrogen-bond acceptors (Lipinski definition) is 3. The van der Waals surface area contributed by atoms with Gasteiger partial charge in [-0.05, 0) is 0 Å². The normalized spacial score (nSPS) is 11.6. The molecule has 0 spiro atoms. The molecule has 0 aliphatic rings. The number of aliphatic hydroxyl groups is 1. The number of likely N-dealkylation sites (N-methyl/N-ethyl adjacent to an activating group) is 1. The lowest BCUT2D eigenvalue weighted by Crippen LogP contribution is -2.48. The van der Waals surface area contributed by atoms with E-state index in [0.717, 1.165) is 0 Å². The quantitative estimate of drug-likeness (QED) is 0.512. The molecule has 1 unspecified atom stereocenters. The number of carboxylic acids is 1. The number of aliphatic carboxylic acids is 1. The van der Waals surface area contributed by atoms with E-state index in [2.05, 4.69) is 11.9 Å². The Bertz CT molecular complexity index is 229. The van der Waals surface area contributed by atoms with Crippen LogP contribution in [0.2, 0.25) is 0 Å². The maximum atomic E-state index is 11.2. The molecule has 1 atom stereocenters. The molecule has 0 aromatic heterocycles. The first-order valence-corrected chi connectivity index (χ1v) is 3.99. The SMILES string of the molecule is C=CCN(C)C(=O)NC(CO)C(=O)O. The maximum Gasteiger partial charge on any atom is 0.328 e. The average molecular weight is 202 g/mol. The van der Waals surface area contributed by atoms with Crippen molar-refractivity contribution in [3.8, 4) is 0 Å². The van der Waals surface area contributed by atoms with Gasteiger partial charge < -0.3 is 20.4 Å². The summed E-state index contributed by atoms with van der Waals surface area (Å²) in [7, 11) is 1.49. The highest BCUT2D eigenvalue weighted by atomic mass is 16.4. The van der Waals surface area contributed by atoms with Crippen molar-refractivity contribution in [2.45, 2.75) is 6.04 Å². The first kappa shape index (κ1) is 12.4. The lowest BCUT2D eigenvalue weighted by molar-refractivity contribution is -0.140. The van der Waals surface area contributed by atoms with Gasteiger partial charge in [-0.1, -0.05) is 6.08 Å². The van der Waals surface area contributed by atoms with E-state index < -0.39 is 24.6 Å². The lowest BCUT2D eigenvalue weighted by atomic mass is 10.3. The molecule has 6 nitrogen and oxygen atoms in total. The van der Waals surface area contributed by atoms with E-state index in [4.69, 9.17) is 10.2 Å². The zero-order valence-electron chi connectivity index (χ0n) is 7.93. The number of amides is 2. The third-order valence-corrected chi connectivity index (χ3v) is 1.53. The fourth-order valence-electron chi connectivity index (χ4n) is 0.721. The number of urea groups is 1. The van der Waals surface area contributed by atoms with Crippen molar-refractivity contribution >= 4 is 12.0 Å². The molecule has 0 radical (unpaired) electrons. The van der Waals surface area contributed by atoms with Gasteiger partial charge in [0.2, 0.25) is 0 Å². The Morgan fingerprint density at radius 3 is 2.57 bits per heavy atom.